The Labute approximate surface area is 219 Å². The fourth-order valence-electron chi connectivity index (χ4n) is 3.15. The van der Waals surface area contributed by atoms with E-state index in [4.69, 9.17) is 5.73 Å². The van der Waals surface area contributed by atoms with Crippen molar-refractivity contribution in [3.63, 3.8) is 0 Å². The Kier molecular flexibility index (Phi) is 14.3. The largest absolute Gasteiger partial charge is 0.508 e. The van der Waals surface area contributed by atoms with E-state index in [0.29, 0.717) is 23.5 Å². The average molecular weight is 545 g/mol. The van der Waals surface area contributed by atoms with Crippen LogP contribution in [-0.2, 0) is 25.6 Å². The van der Waals surface area contributed by atoms with Gasteiger partial charge in [0.25, 0.3) is 0 Å². The van der Waals surface area contributed by atoms with Gasteiger partial charge in [-0.15, -0.1) is 0 Å². The zero-order valence-corrected chi connectivity index (χ0v) is 22.2. The maximum absolute atomic E-state index is 13.2. The van der Waals surface area contributed by atoms with Crippen LogP contribution in [0.5, 0.6) is 5.75 Å². The topological polar surface area (TPSA) is 191 Å². The lowest BCUT2D eigenvalue weighted by atomic mass is 10.0. The van der Waals surface area contributed by atoms with Gasteiger partial charge in [0, 0.05) is 6.42 Å². The molecular weight excluding hydrogens is 508 g/mol. The highest BCUT2D eigenvalue weighted by Gasteiger charge is 2.32. The standard InChI is InChI=1S/C23H36N4O7S2/c1-13(28)19(23(33)34)27-22(32)18(12-14-4-6-15(29)7-5-14)26-21(31)17(9-11-36-3)25-20(30)16(24)8-10-35-2/h4-7,13,16-19,28-29H,8-12,24H2,1-3H3,(H,25,30)(H,26,31)(H,27,32)(H,33,34). The maximum Gasteiger partial charge on any atom is 0.328 e. The number of carboxylic acids is 1. The van der Waals surface area contributed by atoms with Gasteiger partial charge in [-0.1, -0.05) is 12.1 Å². The lowest BCUT2D eigenvalue weighted by Crippen LogP contribution is -2.58. The van der Waals surface area contributed by atoms with Crippen molar-refractivity contribution >= 4 is 47.2 Å². The number of carbonyl (C=O) groups is 4. The Morgan fingerprint density at radius 1 is 0.889 bits per heavy atom. The first-order valence-electron chi connectivity index (χ1n) is 11.3. The van der Waals surface area contributed by atoms with Gasteiger partial charge >= 0.3 is 5.97 Å². The Bertz CT molecular complexity index is 871. The van der Waals surface area contributed by atoms with E-state index in [9.17, 15) is 34.5 Å². The minimum absolute atomic E-state index is 0.0153. The van der Waals surface area contributed by atoms with Crippen LogP contribution in [-0.4, -0.2) is 93.3 Å². The van der Waals surface area contributed by atoms with Crippen molar-refractivity contribution in [3.05, 3.63) is 29.8 Å². The highest BCUT2D eigenvalue weighted by molar-refractivity contribution is 7.98. The van der Waals surface area contributed by atoms with E-state index < -0.39 is 54.0 Å². The lowest BCUT2D eigenvalue weighted by Gasteiger charge is -2.26. The number of benzene rings is 1. The van der Waals surface area contributed by atoms with Crippen LogP contribution in [0.2, 0.25) is 0 Å². The van der Waals surface area contributed by atoms with Gasteiger partial charge in [0.1, 0.15) is 17.8 Å². The number of carboxylic acid groups (broad SMARTS) is 1. The van der Waals surface area contributed by atoms with Crippen molar-refractivity contribution in [1.29, 1.82) is 0 Å². The second kappa shape index (κ2) is 16.3. The summed E-state index contributed by atoms with van der Waals surface area (Å²) in [5, 5.41) is 36.1. The number of nitrogens with two attached hydrogens (primary N) is 1. The number of aliphatic hydroxyl groups is 1. The summed E-state index contributed by atoms with van der Waals surface area (Å²) in [6.45, 7) is 1.22. The molecule has 0 saturated carbocycles. The molecule has 5 unspecified atom stereocenters. The van der Waals surface area contributed by atoms with Crippen LogP contribution in [0, 0.1) is 0 Å². The zero-order valence-electron chi connectivity index (χ0n) is 20.6. The molecule has 0 bridgehead atoms. The average Bonchev–Trinajstić information content (AvgIpc) is 2.83. The molecule has 0 aliphatic carbocycles. The minimum Gasteiger partial charge on any atom is -0.508 e. The summed E-state index contributed by atoms with van der Waals surface area (Å²) in [7, 11) is 0. The number of hydrogen-bond donors (Lipinski definition) is 7. The number of thioether (sulfide) groups is 2. The molecule has 11 nitrogen and oxygen atoms in total. The third-order valence-corrected chi connectivity index (χ3v) is 6.56. The predicted molar refractivity (Wildman–Crippen MR) is 141 cm³/mol. The quantitative estimate of drug-likeness (QED) is 0.145. The summed E-state index contributed by atoms with van der Waals surface area (Å²) in [6, 6.07) is 1.39. The van der Waals surface area contributed by atoms with Gasteiger partial charge in [0.05, 0.1) is 12.1 Å². The molecule has 0 aromatic heterocycles. The van der Waals surface area contributed by atoms with E-state index in [-0.39, 0.29) is 18.6 Å². The van der Waals surface area contributed by atoms with E-state index in [0.717, 1.165) is 0 Å². The van der Waals surface area contributed by atoms with Gasteiger partial charge in [-0.3, -0.25) is 14.4 Å². The Morgan fingerprint density at radius 3 is 1.94 bits per heavy atom. The molecule has 0 fully saturated rings. The fraction of sp³-hybridized carbons (Fsp3) is 0.565. The van der Waals surface area contributed by atoms with E-state index in [1.807, 2.05) is 12.5 Å². The van der Waals surface area contributed by atoms with Gasteiger partial charge in [-0.25, -0.2) is 4.79 Å². The Balaban J connectivity index is 3.10. The number of nitrogens with one attached hydrogen (secondary N) is 3. The summed E-state index contributed by atoms with van der Waals surface area (Å²) < 4.78 is 0. The Morgan fingerprint density at radius 2 is 1.42 bits per heavy atom. The highest BCUT2D eigenvalue weighted by atomic mass is 32.2. The van der Waals surface area contributed by atoms with E-state index in [1.165, 1.54) is 30.8 Å². The highest BCUT2D eigenvalue weighted by Crippen LogP contribution is 2.12. The fourth-order valence-corrected chi connectivity index (χ4v) is 4.11. The maximum atomic E-state index is 13.2. The first-order valence-corrected chi connectivity index (χ1v) is 14.1. The molecule has 36 heavy (non-hydrogen) atoms. The number of aromatic hydroxyl groups is 1. The number of amides is 3. The molecule has 8 N–H and O–H groups in total. The van der Waals surface area contributed by atoms with E-state index >= 15 is 0 Å². The van der Waals surface area contributed by atoms with Crippen molar-refractivity contribution in [2.75, 3.05) is 24.0 Å². The van der Waals surface area contributed by atoms with Crippen LogP contribution in [0.4, 0.5) is 0 Å². The van der Waals surface area contributed by atoms with Crippen molar-refractivity contribution < 1.29 is 34.5 Å². The molecule has 0 aliphatic rings. The van der Waals surface area contributed by atoms with Crippen LogP contribution < -0.4 is 21.7 Å². The third kappa shape index (κ3) is 11.1. The van der Waals surface area contributed by atoms with Gasteiger partial charge < -0.3 is 37.0 Å². The molecule has 0 radical (unpaired) electrons. The number of phenolic OH excluding ortho intramolecular Hbond substituents is 1. The summed E-state index contributed by atoms with van der Waals surface area (Å²) in [6.07, 6.45) is 3.06. The van der Waals surface area contributed by atoms with E-state index in [2.05, 4.69) is 16.0 Å². The predicted octanol–water partition coefficient (Wildman–Crippen LogP) is -0.312. The number of aliphatic hydroxyl groups excluding tert-OH is 1. The molecular formula is C23H36N4O7S2. The van der Waals surface area contributed by atoms with Crippen molar-refractivity contribution in [2.45, 2.75) is 56.5 Å². The molecule has 0 heterocycles. The molecule has 1 rings (SSSR count). The van der Waals surface area contributed by atoms with Crippen LogP contribution >= 0.6 is 23.5 Å². The monoisotopic (exact) mass is 544 g/mol. The van der Waals surface area contributed by atoms with Gasteiger partial charge in [-0.2, -0.15) is 23.5 Å². The second-order valence-corrected chi connectivity index (χ2v) is 10.2. The van der Waals surface area contributed by atoms with Crippen LogP contribution in [0.1, 0.15) is 25.3 Å². The second-order valence-electron chi connectivity index (χ2n) is 8.23. The first-order chi connectivity index (χ1) is 17.0. The molecule has 0 aliphatic heterocycles. The first kappa shape index (κ1) is 31.5. The van der Waals surface area contributed by atoms with Gasteiger partial charge in [0.2, 0.25) is 17.7 Å². The molecule has 202 valence electrons. The van der Waals surface area contributed by atoms with Crippen molar-refractivity contribution in [1.82, 2.24) is 16.0 Å². The number of aliphatic carboxylic acids is 1. The van der Waals surface area contributed by atoms with Crippen LogP contribution in [0.3, 0.4) is 0 Å². The van der Waals surface area contributed by atoms with E-state index in [1.54, 1.807) is 23.9 Å². The number of hydrogen-bond acceptors (Lipinski definition) is 9. The summed E-state index contributed by atoms with van der Waals surface area (Å²) in [5.74, 6) is -2.12. The molecule has 0 saturated heterocycles. The van der Waals surface area contributed by atoms with Gasteiger partial charge in [0.15, 0.2) is 6.04 Å². The smallest absolute Gasteiger partial charge is 0.328 e. The normalized spacial score (nSPS) is 15.1. The van der Waals surface area contributed by atoms with Crippen molar-refractivity contribution in [3.8, 4) is 5.75 Å². The number of phenols is 1. The van der Waals surface area contributed by atoms with Crippen LogP contribution in [0.15, 0.2) is 24.3 Å². The Hall–Kier alpha value is -2.48. The molecule has 1 aromatic carbocycles. The third-order valence-electron chi connectivity index (χ3n) is 5.27. The number of rotatable bonds is 16. The van der Waals surface area contributed by atoms with Crippen molar-refractivity contribution in [2.24, 2.45) is 5.73 Å². The summed E-state index contributed by atoms with van der Waals surface area (Å²) in [4.78, 5) is 50.1. The van der Waals surface area contributed by atoms with Gasteiger partial charge in [-0.05, 0) is 61.5 Å². The molecule has 1 aromatic rings. The summed E-state index contributed by atoms with van der Waals surface area (Å²) in [5.41, 5.74) is 6.51. The molecule has 3 amide bonds. The lowest BCUT2D eigenvalue weighted by molar-refractivity contribution is -0.145. The molecule has 0 spiro atoms. The minimum atomic E-state index is -1.59. The summed E-state index contributed by atoms with van der Waals surface area (Å²) >= 11 is 3.02. The zero-order chi connectivity index (χ0) is 27.3. The van der Waals surface area contributed by atoms with Crippen LogP contribution in [0.25, 0.3) is 0 Å². The SMILES string of the molecule is CSCCC(N)C(=O)NC(CCSC)C(=O)NC(Cc1ccc(O)cc1)C(=O)NC(C(=O)O)C(C)O. The number of carbonyl (C=O) groups excluding carboxylic acids is 3. The molecule has 13 heteroatoms. The molecule has 5 atom stereocenters.